The molecule has 1 fully saturated rings. The summed E-state index contributed by atoms with van der Waals surface area (Å²) in [5.74, 6) is -0.462. The molecule has 3 aromatic rings. The number of amides is 1. The van der Waals surface area contributed by atoms with Crippen molar-refractivity contribution < 1.29 is 21.6 Å². The van der Waals surface area contributed by atoms with Gasteiger partial charge in [-0.3, -0.25) is 9.52 Å². The van der Waals surface area contributed by atoms with Crippen molar-refractivity contribution in [2.45, 2.75) is 23.8 Å². The van der Waals surface area contributed by atoms with Crippen LogP contribution in [0.5, 0.6) is 0 Å². The van der Waals surface area contributed by atoms with Crippen molar-refractivity contribution in [2.75, 3.05) is 24.1 Å². The second-order valence-corrected chi connectivity index (χ2v) is 11.5. The molecule has 11 nitrogen and oxygen atoms in total. The Balaban J connectivity index is 1.51. The number of aromatic amines is 2. The smallest absolute Gasteiger partial charge is 0.323 e. The number of hydrogen-bond acceptors (Lipinski definition) is 6. The maximum atomic E-state index is 12.9. The standard InChI is InChI=1S/C20H23N5O6S2/c1-32(28,29)25-10-8-13(9-11-25)21-19(26)15-4-2-3-5-16(15)24-33(30,31)14-6-7-17-18(12-14)23-20(27)22-17/h2-7,12-13,24H,8-11H2,1H3,(H,21,26)(H2,22,23,27). The van der Waals surface area contributed by atoms with Crippen molar-refractivity contribution in [1.29, 1.82) is 0 Å². The highest BCUT2D eigenvalue weighted by molar-refractivity contribution is 7.92. The summed E-state index contributed by atoms with van der Waals surface area (Å²) in [6.45, 7) is 0.615. The van der Waals surface area contributed by atoms with Crippen LogP contribution in [0.1, 0.15) is 23.2 Å². The number of anilines is 1. The van der Waals surface area contributed by atoms with Crippen molar-refractivity contribution in [3.8, 4) is 0 Å². The third kappa shape index (κ3) is 5.10. The van der Waals surface area contributed by atoms with E-state index in [4.69, 9.17) is 0 Å². The molecule has 13 heteroatoms. The van der Waals surface area contributed by atoms with Gasteiger partial charge in [-0.1, -0.05) is 12.1 Å². The first-order valence-electron chi connectivity index (χ1n) is 10.1. The number of piperidine rings is 1. The fourth-order valence-electron chi connectivity index (χ4n) is 3.75. The summed E-state index contributed by atoms with van der Waals surface area (Å²) in [7, 11) is -7.32. The third-order valence-electron chi connectivity index (χ3n) is 5.47. The zero-order valence-corrected chi connectivity index (χ0v) is 19.3. The second kappa shape index (κ2) is 8.65. The summed E-state index contributed by atoms with van der Waals surface area (Å²) >= 11 is 0. The van der Waals surface area contributed by atoms with Crippen LogP contribution in [0.25, 0.3) is 11.0 Å². The van der Waals surface area contributed by atoms with Crippen LogP contribution in [-0.4, -0.2) is 62.4 Å². The van der Waals surface area contributed by atoms with Gasteiger partial charge in [0.05, 0.1) is 33.4 Å². The van der Waals surface area contributed by atoms with Crippen LogP contribution in [0.3, 0.4) is 0 Å². The highest BCUT2D eigenvalue weighted by Crippen LogP contribution is 2.23. The minimum absolute atomic E-state index is 0.0754. The van der Waals surface area contributed by atoms with Crippen LogP contribution < -0.4 is 15.7 Å². The predicted octanol–water partition coefficient (Wildman–Crippen LogP) is 0.811. The Labute approximate surface area is 190 Å². The first-order valence-corrected chi connectivity index (χ1v) is 13.5. The molecule has 2 aromatic carbocycles. The molecule has 0 saturated carbocycles. The van der Waals surface area contributed by atoms with Crippen molar-refractivity contribution in [2.24, 2.45) is 0 Å². The summed E-state index contributed by atoms with van der Waals surface area (Å²) in [4.78, 5) is 29.3. The Morgan fingerprint density at radius 1 is 1.00 bits per heavy atom. The van der Waals surface area contributed by atoms with Gasteiger partial charge in [-0.2, -0.15) is 0 Å². The van der Waals surface area contributed by atoms with Gasteiger partial charge in [0.15, 0.2) is 0 Å². The van der Waals surface area contributed by atoms with Gasteiger partial charge in [0.2, 0.25) is 10.0 Å². The molecular formula is C20H23N5O6S2. The molecular weight excluding hydrogens is 470 g/mol. The molecule has 1 amide bonds. The molecule has 0 aliphatic carbocycles. The fourth-order valence-corrected chi connectivity index (χ4v) is 5.73. The van der Waals surface area contributed by atoms with E-state index in [-0.39, 0.29) is 22.2 Å². The van der Waals surface area contributed by atoms with E-state index in [1.807, 2.05) is 0 Å². The number of carbonyl (C=O) groups is 1. The van der Waals surface area contributed by atoms with Crippen LogP contribution in [0, 0.1) is 0 Å². The molecule has 0 spiro atoms. The van der Waals surface area contributed by atoms with Crippen LogP contribution in [0.15, 0.2) is 52.2 Å². The number of para-hydroxylation sites is 1. The topological polar surface area (TPSA) is 161 Å². The highest BCUT2D eigenvalue weighted by Gasteiger charge is 2.27. The quantitative estimate of drug-likeness (QED) is 0.397. The Morgan fingerprint density at radius 3 is 2.36 bits per heavy atom. The van der Waals surface area contributed by atoms with Crippen LogP contribution in [0.2, 0.25) is 0 Å². The maximum Gasteiger partial charge on any atom is 0.323 e. The Kier molecular flexibility index (Phi) is 6.03. The maximum absolute atomic E-state index is 12.9. The van der Waals surface area contributed by atoms with Crippen molar-refractivity contribution in [3.05, 3.63) is 58.5 Å². The van der Waals surface area contributed by atoms with Gasteiger partial charge in [0.25, 0.3) is 15.9 Å². The highest BCUT2D eigenvalue weighted by atomic mass is 32.2. The zero-order chi connectivity index (χ0) is 23.8. The lowest BCUT2D eigenvalue weighted by molar-refractivity contribution is 0.0925. The van der Waals surface area contributed by atoms with Gasteiger partial charge in [-0.25, -0.2) is 25.9 Å². The van der Waals surface area contributed by atoms with E-state index in [9.17, 15) is 26.4 Å². The van der Waals surface area contributed by atoms with Gasteiger partial charge in [0.1, 0.15) is 0 Å². The van der Waals surface area contributed by atoms with Crippen LogP contribution >= 0.6 is 0 Å². The molecule has 0 bridgehead atoms. The average Bonchev–Trinajstić information content (AvgIpc) is 3.13. The molecule has 1 aliphatic heterocycles. The average molecular weight is 494 g/mol. The van der Waals surface area contributed by atoms with E-state index >= 15 is 0 Å². The van der Waals surface area contributed by atoms with E-state index in [1.165, 1.54) is 34.6 Å². The lowest BCUT2D eigenvalue weighted by Crippen LogP contribution is -2.46. The van der Waals surface area contributed by atoms with Crippen LogP contribution in [-0.2, 0) is 20.0 Å². The van der Waals surface area contributed by atoms with E-state index in [0.29, 0.717) is 37.0 Å². The Bertz CT molecular complexity index is 1470. The van der Waals surface area contributed by atoms with Crippen molar-refractivity contribution in [3.63, 3.8) is 0 Å². The van der Waals surface area contributed by atoms with Crippen molar-refractivity contribution in [1.82, 2.24) is 19.6 Å². The number of nitrogens with zero attached hydrogens (tertiary/aromatic N) is 1. The Hall–Kier alpha value is -3.16. The minimum atomic E-state index is -4.05. The van der Waals surface area contributed by atoms with Gasteiger partial charge in [-0.05, 0) is 43.2 Å². The molecule has 0 unspecified atom stereocenters. The van der Waals surface area contributed by atoms with E-state index in [1.54, 1.807) is 12.1 Å². The summed E-state index contributed by atoms with van der Waals surface area (Å²) in [6, 6.07) is 10.1. The lowest BCUT2D eigenvalue weighted by Gasteiger charge is -2.30. The minimum Gasteiger partial charge on any atom is -0.349 e. The number of H-pyrrole nitrogens is 2. The molecule has 33 heavy (non-hydrogen) atoms. The number of rotatable bonds is 6. The number of carbonyl (C=O) groups excluding carboxylic acids is 1. The molecule has 4 rings (SSSR count). The molecule has 4 N–H and O–H groups in total. The predicted molar refractivity (Wildman–Crippen MR) is 123 cm³/mol. The molecule has 1 aromatic heterocycles. The van der Waals surface area contributed by atoms with Gasteiger partial charge in [-0.15, -0.1) is 0 Å². The van der Waals surface area contributed by atoms with E-state index < -0.39 is 31.6 Å². The van der Waals surface area contributed by atoms with E-state index in [2.05, 4.69) is 20.0 Å². The number of hydrogen-bond donors (Lipinski definition) is 4. The lowest BCUT2D eigenvalue weighted by atomic mass is 10.1. The largest absolute Gasteiger partial charge is 0.349 e. The molecule has 0 radical (unpaired) electrons. The number of aromatic nitrogens is 2. The number of sulfonamides is 2. The number of imidazole rings is 1. The molecule has 1 saturated heterocycles. The summed E-state index contributed by atoms with van der Waals surface area (Å²) < 4.78 is 53.0. The summed E-state index contributed by atoms with van der Waals surface area (Å²) in [5.41, 5.74) is 0.612. The monoisotopic (exact) mass is 493 g/mol. The van der Waals surface area contributed by atoms with Gasteiger partial charge in [0, 0.05) is 19.1 Å². The summed E-state index contributed by atoms with van der Waals surface area (Å²) in [5, 5.41) is 2.86. The molecule has 1 aliphatic rings. The fraction of sp³-hybridized carbons (Fsp3) is 0.300. The first kappa shape index (κ1) is 23.0. The summed E-state index contributed by atoms with van der Waals surface area (Å²) in [6.07, 6.45) is 2.07. The zero-order valence-electron chi connectivity index (χ0n) is 17.7. The van der Waals surface area contributed by atoms with Gasteiger partial charge >= 0.3 is 5.69 Å². The Morgan fingerprint density at radius 2 is 1.67 bits per heavy atom. The number of benzene rings is 2. The van der Waals surface area contributed by atoms with Crippen molar-refractivity contribution >= 4 is 42.7 Å². The SMILES string of the molecule is CS(=O)(=O)N1CCC(NC(=O)c2ccccc2NS(=O)(=O)c2ccc3[nH]c(=O)[nH]c3c2)CC1. The molecule has 0 atom stereocenters. The van der Waals surface area contributed by atoms with Gasteiger partial charge < -0.3 is 15.3 Å². The molecule has 2 heterocycles. The second-order valence-electron chi connectivity index (χ2n) is 7.85. The number of nitrogens with one attached hydrogen (secondary N) is 4. The van der Waals surface area contributed by atoms with E-state index in [0.717, 1.165) is 6.26 Å². The van der Waals surface area contributed by atoms with Crippen LogP contribution in [0.4, 0.5) is 5.69 Å². The third-order valence-corrected chi connectivity index (χ3v) is 8.14. The normalized spacial score (nSPS) is 16.0. The number of fused-ring (bicyclic) bond motifs is 1. The first-order chi connectivity index (χ1) is 15.5. The molecule has 176 valence electrons.